The number of ether oxygens (including phenoxy) is 1. The van der Waals surface area contributed by atoms with Crippen molar-refractivity contribution in [1.29, 1.82) is 0 Å². The molecule has 0 fully saturated rings. The summed E-state index contributed by atoms with van der Waals surface area (Å²) < 4.78 is 6.51. The van der Waals surface area contributed by atoms with E-state index in [1.54, 1.807) is 7.11 Å². The van der Waals surface area contributed by atoms with Crippen molar-refractivity contribution < 1.29 is 9.53 Å². The molecule has 1 heterocycles. The maximum absolute atomic E-state index is 13.6. The average molecular weight is 494 g/mol. The van der Waals surface area contributed by atoms with Crippen LogP contribution in [0.3, 0.4) is 0 Å². The number of nitrogen functional groups attached to an aromatic ring is 1. The Morgan fingerprint density at radius 2 is 1.72 bits per heavy atom. The molecule has 2 aromatic carbocycles. The number of methoxy groups -OCH3 is 1. The summed E-state index contributed by atoms with van der Waals surface area (Å²) in [6, 6.07) is 17.0. The lowest BCUT2D eigenvalue weighted by molar-refractivity contribution is -0.120. The van der Waals surface area contributed by atoms with Gasteiger partial charge in [0, 0.05) is 13.1 Å². The van der Waals surface area contributed by atoms with Gasteiger partial charge in [-0.05, 0) is 35.7 Å². The number of rotatable bonds is 11. The zero-order valence-electron chi connectivity index (χ0n) is 21.4. The number of carbonyl (C=O) groups is 1. The largest absolute Gasteiger partial charge is 0.497 e. The Kier molecular flexibility index (Phi) is 9.08. The molecule has 9 nitrogen and oxygen atoms in total. The van der Waals surface area contributed by atoms with Gasteiger partial charge in [-0.25, -0.2) is 4.79 Å². The number of nitrogens with one attached hydrogen (secondary N) is 1. The number of amides is 1. The van der Waals surface area contributed by atoms with Crippen LogP contribution in [0.15, 0.2) is 64.2 Å². The topological polar surface area (TPSA) is 114 Å². The fourth-order valence-electron chi connectivity index (χ4n) is 3.99. The minimum atomic E-state index is -0.672. The molecule has 3 N–H and O–H groups in total. The van der Waals surface area contributed by atoms with E-state index in [-0.39, 0.29) is 43.0 Å². The maximum atomic E-state index is 13.6. The standard InChI is InChI=1S/C27H35N5O4/c1-5-30(16-21-11-13-22(36-4)14-12-21)18-23(33)31(15-19(2)3)24-25(28)32(27(35)29-26(24)34)17-20-9-7-6-8-10-20/h6-14,19H,5,15-18,28H2,1-4H3,(H,29,34,35). The Balaban J connectivity index is 1.91. The Morgan fingerprint density at radius 1 is 1.06 bits per heavy atom. The highest BCUT2D eigenvalue weighted by molar-refractivity contribution is 5.96. The second kappa shape index (κ2) is 12.2. The number of H-pyrrole nitrogens is 1. The van der Waals surface area contributed by atoms with Crippen LogP contribution in [-0.2, 0) is 17.9 Å². The first kappa shape index (κ1) is 26.7. The van der Waals surface area contributed by atoms with E-state index in [2.05, 4.69) is 4.98 Å². The van der Waals surface area contributed by atoms with Gasteiger partial charge < -0.3 is 15.4 Å². The number of nitrogens with zero attached hydrogens (tertiary/aromatic N) is 3. The van der Waals surface area contributed by atoms with Crippen LogP contribution in [0.4, 0.5) is 11.5 Å². The molecule has 0 spiro atoms. The number of nitrogens with two attached hydrogens (primary N) is 1. The predicted octanol–water partition coefficient (Wildman–Crippen LogP) is 2.69. The number of anilines is 2. The molecule has 0 bridgehead atoms. The Bertz CT molecular complexity index is 1270. The molecule has 1 aromatic heterocycles. The fraction of sp³-hybridized carbons (Fsp3) is 0.370. The molecule has 0 saturated carbocycles. The van der Waals surface area contributed by atoms with Crippen LogP contribution in [0, 0.1) is 5.92 Å². The summed E-state index contributed by atoms with van der Waals surface area (Å²) in [6.45, 7) is 7.64. The van der Waals surface area contributed by atoms with Crippen LogP contribution < -0.4 is 26.6 Å². The first-order chi connectivity index (χ1) is 17.2. The van der Waals surface area contributed by atoms with Crippen LogP contribution in [0.2, 0.25) is 0 Å². The van der Waals surface area contributed by atoms with Gasteiger partial charge in [-0.1, -0.05) is 63.2 Å². The van der Waals surface area contributed by atoms with Crippen molar-refractivity contribution in [3.8, 4) is 5.75 Å². The van der Waals surface area contributed by atoms with Crippen molar-refractivity contribution >= 4 is 17.4 Å². The summed E-state index contributed by atoms with van der Waals surface area (Å²) in [5.41, 5.74) is 6.99. The summed E-state index contributed by atoms with van der Waals surface area (Å²) >= 11 is 0. The Labute approximate surface area is 211 Å². The van der Waals surface area contributed by atoms with E-state index in [4.69, 9.17) is 10.5 Å². The molecular formula is C27H35N5O4. The van der Waals surface area contributed by atoms with Crippen molar-refractivity contribution in [2.45, 2.75) is 33.9 Å². The van der Waals surface area contributed by atoms with Crippen molar-refractivity contribution in [2.75, 3.05) is 37.4 Å². The number of benzene rings is 2. The second-order valence-electron chi connectivity index (χ2n) is 9.11. The quantitative estimate of drug-likeness (QED) is 0.425. The number of hydrogen-bond acceptors (Lipinski definition) is 6. The van der Waals surface area contributed by atoms with Gasteiger partial charge in [0.1, 0.15) is 11.6 Å². The highest BCUT2D eigenvalue weighted by Gasteiger charge is 2.26. The first-order valence-electron chi connectivity index (χ1n) is 12.1. The monoisotopic (exact) mass is 493 g/mol. The third-order valence-corrected chi connectivity index (χ3v) is 5.89. The van der Waals surface area contributed by atoms with E-state index in [0.717, 1.165) is 16.9 Å². The van der Waals surface area contributed by atoms with E-state index in [9.17, 15) is 14.4 Å². The lowest BCUT2D eigenvalue weighted by Gasteiger charge is -2.29. The number of aromatic nitrogens is 2. The molecule has 0 aliphatic carbocycles. The van der Waals surface area contributed by atoms with Crippen LogP contribution in [0.5, 0.6) is 5.75 Å². The molecule has 0 aliphatic rings. The zero-order valence-corrected chi connectivity index (χ0v) is 21.4. The molecule has 0 radical (unpaired) electrons. The molecule has 0 aliphatic heterocycles. The molecule has 0 atom stereocenters. The highest BCUT2D eigenvalue weighted by Crippen LogP contribution is 2.20. The van der Waals surface area contributed by atoms with E-state index < -0.39 is 11.2 Å². The average Bonchev–Trinajstić information content (AvgIpc) is 2.86. The first-order valence-corrected chi connectivity index (χ1v) is 12.1. The summed E-state index contributed by atoms with van der Waals surface area (Å²) in [7, 11) is 1.62. The van der Waals surface area contributed by atoms with Gasteiger partial charge in [-0.15, -0.1) is 0 Å². The van der Waals surface area contributed by atoms with Gasteiger partial charge in [0.05, 0.1) is 20.2 Å². The number of aromatic amines is 1. The maximum Gasteiger partial charge on any atom is 0.330 e. The van der Waals surface area contributed by atoms with Crippen molar-refractivity contribution in [2.24, 2.45) is 5.92 Å². The summed E-state index contributed by atoms with van der Waals surface area (Å²) in [6.07, 6.45) is 0. The number of likely N-dealkylation sites (N-methyl/N-ethyl adjacent to an activating group) is 1. The Hall–Kier alpha value is -3.85. The van der Waals surface area contributed by atoms with Gasteiger partial charge in [0.15, 0.2) is 5.69 Å². The number of hydrogen-bond donors (Lipinski definition) is 2. The third-order valence-electron chi connectivity index (χ3n) is 5.89. The van der Waals surface area contributed by atoms with Crippen LogP contribution in [0.25, 0.3) is 0 Å². The van der Waals surface area contributed by atoms with Gasteiger partial charge >= 0.3 is 5.69 Å². The lowest BCUT2D eigenvalue weighted by atomic mass is 10.1. The molecule has 1 amide bonds. The van der Waals surface area contributed by atoms with E-state index in [1.165, 1.54) is 9.47 Å². The minimum absolute atomic E-state index is 0.00438. The molecule has 9 heteroatoms. The van der Waals surface area contributed by atoms with Crippen LogP contribution in [0.1, 0.15) is 31.9 Å². The minimum Gasteiger partial charge on any atom is -0.497 e. The molecule has 3 rings (SSSR count). The summed E-state index contributed by atoms with van der Waals surface area (Å²) in [4.78, 5) is 44.9. The summed E-state index contributed by atoms with van der Waals surface area (Å²) in [5, 5.41) is 0. The van der Waals surface area contributed by atoms with E-state index in [0.29, 0.717) is 13.1 Å². The van der Waals surface area contributed by atoms with Crippen molar-refractivity contribution in [3.63, 3.8) is 0 Å². The number of carbonyl (C=O) groups excluding carboxylic acids is 1. The normalized spacial score (nSPS) is 11.2. The second-order valence-corrected chi connectivity index (χ2v) is 9.11. The smallest absolute Gasteiger partial charge is 0.330 e. The van der Waals surface area contributed by atoms with Crippen LogP contribution >= 0.6 is 0 Å². The lowest BCUT2D eigenvalue weighted by Crippen LogP contribution is -2.46. The van der Waals surface area contributed by atoms with Crippen molar-refractivity contribution in [3.05, 3.63) is 86.6 Å². The molecule has 36 heavy (non-hydrogen) atoms. The molecule has 0 saturated heterocycles. The van der Waals surface area contributed by atoms with Gasteiger partial charge in [-0.3, -0.25) is 24.0 Å². The van der Waals surface area contributed by atoms with Crippen molar-refractivity contribution in [1.82, 2.24) is 14.5 Å². The zero-order chi connectivity index (χ0) is 26.2. The Morgan fingerprint density at radius 3 is 2.31 bits per heavy atom. The molecule has 3 aromatic rings. The third kappa shape index (κ3) is 6.63. The van der Waals surface area contributed by atoms with E-state index in [1.807, 2.05) is 80.3 Å². The SMILES string of the molecule is CCN(CC(=O)N(CC(C)C)c1c(N)n(Cc2ccccc2)c(=O)[nH]c1=O)Cc1ccc(OC)cc1. The van der Waals surface area contributed by atoms with Gasteiger partial charge in [0.2, 0.25) is 5.91 Å². The predicted molar refractivity (Wildman–Crippen MR) is 142 cm³/mol. The molecular weight excluding hydrogens is 458 g/mol. The van der Waals surface area contributed by atoms with E-state index >= 15 is 0 Å². The summed E-state index contributed by atoms with van der Waals surface area (Å²) in [5.74, 6) is 0.543. The van der Waals surface area contributed by atoms with Gasteiger partial charge in [-0.2, -0.15) is 0 Å². The van der Waals surface area contributed by atoms with Crippen LogP contribution in [-0.4, -0.2) is 47.1 Å². The molecule has 0 unspecified atom stereocenters. The highest BCUT2D eigenvalue weighted by atomic mass is 16.5. The van der Waals surface area contributed by atoms with Gasteiger partial charge in [0.25, 0.3) is 5.56 Å². The molecule has 192 valence electrons. The fourth-order valence-corrected chi connectivity index (χ4v) is 3.99.